The van der Waals surface area contributed by atoms with Crippen LogP contribution in [0, 0.1) is 0 Å². The fraction of sp³-hybridized carbons (Fsp3) is 0.600. The Balaban J connectivity index is 2.24. The van der Waals surface area contributed by atoms with Crippen LogP contribution in [0.2, 0.25) is 5.02 Å². The van der Waals surface area contributed by atoms with E-state index in [0.717, 1.165) is 5.56 Å². The number of aliphatic hydroxyl groups excluding tert-OH is 2. The smallest absolute Gasteiger partial charge is 0.0898 e. The van der Waals surface area contributed by atoms with E-state index in [4.69, 9.17) is 21.4 Å². The third-order valence-corrected chi connectivity index (χ3v) is 3.45. The Morgan fingerprint density at radius 1 is 1.35 bits per heavy atom. The van der Waals surface area contributed by atoms with E-state index in [2.05, 4.69) is 5.32 Å². The first-order valence-corrected chi connectivity index (χ1v) is 7.17. The number of hydrogen-bond donors (Lipinski definition) is 3. The Labute approximate surface area is 125 Å². The van der Waals surface area contributed by atoms with E-state index in [0.29, 0.717) is 24.6 Å². The first-order chi connectivity index (χ1) is 9.44. The summed E-state index contributed by atoms with van der Waals surface area (Å²) >= 11 is 6.02. The molecule has 1 aromatic carbocycles. The molecule has 3 N–H and O–H groups in total. The molecule has 0 heterocycles. The number of halogens is 1. The molecule has 0 saturated heterocycles. The molecule has 114 valence electrons. The molecular formula is C15H24ClNO3. The standard InChI is InChI=1S/C15H24ClNO3/c1-15(2,7-8-18)17-9-13(19)11-20-10-12-5-3-4-6-14(12)16/h3-6,13,17-19H,7-11H2,1-2H3. The van der Waals surface area contributed by atoms with Crippen LogP contribution >= 0.6 is 11.6 Å². The highest BCUT2D eigenvalue weighted by Crippen LogP contribution is 2.15. The van der Waals surface area contributed by atoms with Gasteiger partial charge < -0.3 is 20.3 Å². The van der Waals surface area contributed by atoms with Gasteiger partial charge in [0.2, 0.25) is 0 Å². The number of aliphatic hydroxyl groups is 2. The summed E-state index contributed by atoms with van der Waals surface area (Å²) < 4.78 is 5.46. The van der Waals surface area contributed by atoms with Crippen molar-refractivity contribution in [2.75, 3.05) is 19.8 Å². The molecule has 0 saturated carbocycles. The van der Waals surface area contributed by atoms with Crippen LogP contribution in [0.25, 0.3) is 0 Å². The van der Waals surface area contributed by atoms with Gasteiger partial charge in [0.25, 0.3) is 0 Å². The van der Waals surface area contributed by atoms with Crippen LogP contribution in [0.3, 0.4) is 0 Å². The topological polar surface area (TPSA) is 61.7 Å². The molecule has 0 aromatic heterocycles. The molecule has 0 aliphatic rings. The van der Waals surface area contributed by atoms with Gasteiger partial charge in [-0.25, -0.2) is 0 Å². The Morgan fingerprint density at radius 2 is 2.05 bits per heavy atom. The van der Waals surface area contributed by atoms with Gasteiger partial charge in [0.05, 0.1) is 19.3 Å². The molecule has 1 unspecified atom stereocenters. The molecular weight excluding hydrogens is 278 g/mol. The number of hydrogen-bond acceptors (Lipinski definition) is 4. The van der Waals surface area contributed by atoms with Crippen LogP contribution in [-0.4, -0.2) is 41.6 Å². The first kappa shape index (κ1) is 17.4. The summed E-state index contributed by atoms with van der Waals surface area (Å²) in [7, 11) is 0. The quantitative estimate of drug-likeness (QED) is 0.652. The fourth-order valence-electron chi connectivity index (χ4n) is 1.74. The molecule has 20 heavy (non-hydrogen) atoms. The maximum absolute atomic E-state index is 9.85. The maximum atomic E-state index is 9.85. The average molecular weight is 302 g/mol. The SMILES string of the molecule is CC(C)(CCO)NCC(O)COCc1ccccc1Cl. The number of rotatable bonds is 9. The molecule has 1 rings (SSSR count). The van der Waals surface area contributed by atoms with E-state index in [1.807, 2.05) is 38.1 Å². The Kier molecular flexibility index (Phi) is 7.48. The molecule has 0 aliphatic heterocycles. The monoisotopic (exact) mass is 301 g/mol. The van der Waals surface area contributed by atoms with Crippen LogP contribution in [0.15, 0.2) is 24.3 Å². The predicted octanol–water partition coefficient (Wildman–Crippen LogP) is 1.97. The number of benzene rings is 1. The van der Waals surface area contributed by atoms with Gasteiger partial charge in [-0.1, -0.05) is 29.8 Å². The first-order valence-electron chi connectivity index (χ1n) is 6.80. The summed E-state index contributed by atoms with van der Waals surface area (Å²) in [6.07, 6.45) is 0.0515. The molecule has 0 fully saturated rings. The summed E-state index contributed by atoms with van der Waals surface area (Å²) in [6.45, 7) is 5.15. The molecule has 5 heteroatoms. The summed E-state index contributed by atoms with van der Waals surface area (Å²) in [4.78, 5) is 0. The highest BCUT2D eigenvalue weighted by Gasteiger charge is 2.17. The van der Waals surface area contributed by atoms with Gasteiger partial charge in [-0.05, 0) is 31.9 Å². The number of nitrogens with one attached hydrogen (secondary N) is 1. The summed E-state index contributed by atoms with van der Waals surface area (Å²) in [5.74, 6) is 0. The largest absolute Gasteiger partial charge is 0.396 e. The molecule has 0 radical (unpaired) electrons. The van der Waals surface area contributed by atoms with E-state index >= 15 is 0 Å². The Hall–Kier alpha value is -0.650. The lowest BCUT2D eigenvalue weighted by Crippen LogP contribution is -2.45. The third-order valence-electron chi connectivity index (χ3n) is 3.08. The minimum atomic E-state index is -0.588. The minimum absolute atomic E-state index is 0.124. The van der Waals surface area contributed by atoms with Crippen molar-refractivity contribution in [2.45, 2.75) is 38.5 Å². The van der Waals surface area contributed by atoms with Gasteiger partial charge in [-0.2, -0.15) is 0 Å². The third kappa shape index (κ3) is 6.68. The summed E-state index contributed by atoms with van der Waals surface area (Å²) in [5, 5.41) is 22.6. The highest BCUT2D eigenvalue weighted by atomic mass is 35.5. The zero-order valence-electron chi connectivity index (χ0n) is 12.1. The summed E-state index contributed by atoms with van der Waals surface area (Å²) in [6, 6.07) is 7.49. The molecule has 4 nitrogen and oxygen atoms in total. The van der Waals surface area contributed by atoms with Gasteiger partial charge in [0, 0.05) is 23.7 Å². The molecule has 0 spiro atoms. The highest BCUT2D eigenvalue weighted by molar-refractivity contribution is 6.31. The van der Waals surface area contributed by atoms with Crippen molar-refractivity contribution in [1.82, 2.24) is 5.32 Å². The molecule has 1 aromatic rings. The van der Waals surface area contributed by atoms with Gasteiger partial charge in [-0.15, -0.1) is 0 Å². The van der Waals surface area contributed by atoms with Gasteiger partial charge in [0.15, 0.2) is 0 Å². The van der Waals surface area contributed by atoms with Crippen molar-refractivity contribution >= 4 is 11.6 Å². The van der Waals surface area contributed by atoms with Crippen LogP contribution in [-0.2, 0) is 11.3 Å². The zero-order valence-corrected chi connectivity index (χ0v) is 12.9. The van der Waals surface area contributed by atoms with E-state index in [9.17, 15) is 5.11 Å². The van der Waals surface area contributed by atoms with Crippen molar-refractivity contribution in [3.63, 3.8) is 0 Å². The maximum Gasteiger partial charge on any atom is 0.0898 e. The molecule has 1 atom stereocenters. The van der Waals surface area contributed by atoms with E-state index in [-0.39, 0.29) is 18.8 Å². The Morgan fingerprint density at radius 3 is 2.70 bits per heavy atom. The minimum Gasteiger partial charge on any atom is -0.396 e. The second kappa shape index (κ2) is 8.60. The van der Waals surface area contributed by atoms with Crippen molar-refractivity contribution in [3.05, 3.63) is 34.9 Å². The molecule has 0 bridgehead atoms. The van der Waals surface area contributed by atoms with Gasteiger partial charge >= 0.3 is 0 Å². The lowest BCUT2D eigenvalue weighted by molar-refractivity contribution is 0.0250. The Bertz CT molecular complexity index is 398. The van der Waals surface area contributed by atoms with Gasteiger partial charge in [-0.3, -0.25) is 0 Å². The zero-order chi connectivity index (χ0) is 15.0. The lowest BCUT2D eigenvalue weighted by Gasteiger charge is -2.27. The predicted molar refractivity (Wildman–Crippen MR) is 80.9 cm³/mol. The summed E-state index contributed by atoms with van der Waals surface area (Å²) in [5.41, 5.74) is 0.716. The van der Waals surface area contributed by atoms with Crippen molar-refractivity contribution in [2.24, 2.45) is 0 Å². The van der Waals surface area contributed by atoms with E-state index in [1.54, 1.807) is 0 Å². The van der Waals surface area contributed by atoms with Crippen molar-refractivity contribution in [3.8, 4) is 0 Å². The van der Waals surface area contributed by atoms with Gasteiger partial charge in [0.1, 0.15) is 0 Å². The number of β-amino-alcohol motifs (C(OH)–C–C–N with tert-alkyl or cyclic N) is 1. The van der Waals surface area contributed by atoms with E-state index < -0.39 is 6.10 Å². The number of ether oxygens (including phenoxy) is 1. The average Bonchev–Trinajstić information content (AvgIpc) is 2.39. The van der Waals surface area contributed by atoms with E-state index in [1.165, 1.54) is 0 Å². The van der Waals surface area contributed by atoms with Crippen LogP contribution < -0.4 is 5.32 Å². The van der Waals surface area contributed by atoms with Crippen molar-refractivity contribution in [1.29, 1.82) is 0 Å². The fourth-order valence-corrected chi connectivity index (χ4v) is 1.93. The lowest BCUT2D eigenvalue weighted by atomic mass is 10.0. The molecule has 0 aliphatic carbocycles. The molecule has 0 amide bonds. The van der Waals surface area contributed by atoms with Crippen molar-refractivity contribution < 1.29 is 14.9 Å². The second-order valence-corrected chi connectivity index (χ2v) is 5.91. The van der Waals surface area contributed by atoms with Crippen LogP contribution in [0.5, 0.6) is 0 Å². The van der Waals surface area contributed by atoms with Crippen LogP contribution in [0.4, 0.5) is 0 Å². The normalized spacial score (nSPS) is 13.4. The second-order valence-electron chi connectivity index (χ2n) is 5.50. The van der Waals surface area contributed by atoms with Crippen LogP contribution in [0.1, 0.15) is 25.8 Å².